The maximum atomic E-state index is 10.8. The van der Waals surface area contributed by atoms with Crippen LogP contribution in [-0.4, -0.2) is 66.0 Å². The number of ether oxygens (including phenoxy) is 1. The van der Waals surface area contributed by atoms with Crippen molar-refractivity contribution >= 4 is 40.6 Å². The highest BCUT2D eigenvalue weighted by molar-refractivity contribution is 6.48. The molecule has 0 amide bonds. The van der Waals surface area contributed by atoms with Crippen LogP contribution in [0.15, 0.2) is 29.8 Å². The van der Waals surface area contributed by atoms with Crippen LogP contribution in [0.3, 0.4) is 0 Å². The largest absolute Gasteiger partial charge is 0.491 e. The number of rotatable bonds is 21. The third-order valence-electron chi connectivity index (χ3n) is 7.17. The van der Waals surface area contributed by atoms with Crippen LogP contribution >= 0.6 is 34.8 Å². The number of hydrogen-bond acceptors (Lipinski definition) is 4. The first-order valence-electron chi connectivity index (χ1n) is 14.0. The number of nitrogens with zero attached hydrogens (tertiary/aromatic N) is 2. The predicted molar refractivity (Wildman–Crippen MR) is 157 cm³/mol. The van der Waals surface area contributed by atoms with Gasteiger partial charge in [-0.05, 0) is 19.3 Å². The summed E-state index contributed by atoms with van der Waals surface area (Å²) in [6, 6.07) is 3.18. The van der Waals surface area contributed by atoms with Crippen molar-refractivity contribution in [2.24, 2.45) is 4.99 Å². The lowest BCUT2D eigenvalue weighted by atomic mass is 10.0. The molecule has 0 spiro atoms. The lowest BCUT2D eigenvalue weighted by Gasteiger charge is -2.36. The molecule has 0 aliphatic carbocycles. The van der Waals surface area contributed by atoms with Gasteiger partial charge in [0.15, 0.2) is 5.84 Å². The van der Waals surface area contributed by atoms with Gasteiger partial charge in [-0.15, -0.1) is 6.58 Å². The molecular weight excluding hydrogens is 531 g/mol. The van der Waals surface area contributed by atoms with Gasteiger partial charge in [-0.25, -0.2) is 4.99 Å². The molecule has 1 unspecified atom stereocenters. The quantitative estimate of drug-likeness (QED) is 0.0677. The number of aliphatic imine (C=N–C) groups is 1. The lowest BCUT2D eigenvalue weighted by molar-refractivity contribution is -0.840. The summed E-state index contributed by atoms with van der Waals surface area (Å²) < 4.78 is 6.28. The second-order valence-corrected chi connectivity index (χ2v) is 11.4. The second-order valence-electron chi connectivity index (χ2n) is 10.2. The lowest BCUT2D eigenvalue weighted by Crippen LogP contribution is -2.56. The van der Waals surface area contributed by atoms with Crippen LogP contribution in [-0.2, 0) is 0 Å². The summed E-state index contributed by atoms with van der Waals surface area (Å²) in [4.78, 5) is 4.78. The first kappa shape index (κ1) is 32.4. The number of quaternary nitrogens is 1. The van der Waals surface area contributed by atoms with E-state index in [4.69, 9.17) is 44.5 Å². The molecule has 5 nitrogen and oxygen atoms in total. The van der Waals surface area contributed by atoms with Crippen molar-refractivity contribution in [3.8, 4) is 5.75 Å². The van der Waals surface area contributed by atoms with E-state index in [1.54, 1.807) is 12.1 Å². The Morgan fingerprint density at radius 1 is 0.946 bits per heavy atom. The van der Waals surface area contributed by atoms with Crippen LogP contribution in [0.25, 0.3) is 0 Å². The molecule has 8 heteroatoms. The van der Waals surface area contributed by atoms with Crippen LogP contribution in [0.1, 0.15) is 83.5 Å². The standard InChI is InChI=1S/C29H46Cl3N2O3/c1-2-3-4-5-6-7-8-9-10-11-12-13-14-15-28-33-16-17-34(28,18-19-35)22-24(36)23-37-25-20-26(30)29(32)27(31)21-25/h2,20-21,24,35-36H,1,3-19,22-23H2/q+1/t24-,34?/m0/s1. The van der Waals surface area contributed by atoms with E-state index in [9.17, 15) is 10.2 Å². The zero-order valence-corrected chi connectivity index (χ0v) is 24.6. The average Bonchev–Trinajstić information content (AvgIpc) is 3.25. The van der Waals surface area contributed by atoms with Gasteiger partial charge >= 0.3 is 0 Å². The predicted octanol–water partition coefficient (Wildman–Crippen LogP) is 7.87. The van der Waals surface area contributed by atoms with Crippen molar-refractivity contribution in [2.45, 2.75) is 89.6 Å². The van der Waals surface area contributed by atoms with Crippen molar-refractivity contribution in [3.05, 3.63) is 39.9 Å². The van der Waals surface area contributed by atoms with E-state index >= 15 is 0 Å². The van der Waals surface area contributed by atoms with Gasteiger partial charge in [0.2, 0.25) is 0 Å². The van der Waals surface area contributed by atoms with Gasteiger partial charge in [0, 0.05) is 18.6 Å². The topological polar surface area (TPSA) is 62.1 Å². The number of unbranched alkanes of at least 4 members (excludes halogenated alkanes) is 11. The molecule has 1 aliphatic heterocycles. The third-order valence-corrected chi connectivity index (χ3v) is 8.36. The first-order chi connectivity index (χ1) is 17.9. The minimum Gasteiger partial charge on any atom is -0.491 e. The zero-order valence-electron chi connectivity index (χ0n) is 22.3. The van der Waals surface area contributed by atoms with Crippen molar-refractivity contribution < 1.29 is 19.4 Å². The summed E-state index contributed by atoms with van der Waals surface area (Å²) >= 11 is 18.1. The first-order valence-corrected chi connectivity index (χ1v) is 15.1. The molecule has 0 aromatic heterocycles. The summed E-state index contributed by atoms with van der Waals surface area (Å²) in [6.45, 7) is 6.49. The molecule has 1 aromatic carbocycles. The van der Waals surface area contributed by atoms with E-state index in [2.05, 4.69) is 6.58 Å². The number of allylic oxidation sites excluding steroid dienone is 1. The van der Waals surface area contributed by atoms with Crippen molar-refractivity contribution in [3.63, 3.8) is 0 Å². The maximum Gasteiger partial charge on any atom is 0.198 e. The molecule has 37 heavy (non-hydrogen) atoms. The number of halogens is 3. The fraction of sp³-hybridized carbons (Fsp3) is 0.690. The minimum atomic E-state index is -0.718. The van der Waals surface area contributed by atoms with E-state index < -0.39 is 6.10 Å². The van der Waals surface area contributed by atoms with E-state index in [1.165, 1.54) is 64.2 Å². The summed E-state index contributed by atoms with van der Waals surface area (Å²) in [5, 5.41) is 21.5. The van der Waals surface area contributed by atoms with Gasteiger partial charge in [-0.2, -0.15) is 0 Å². The van der Waals surface area contributed by atoms with Crippen molar-refractivity contribution in [1.82, 2.24) is 0 Å². The van der Waals surface area contributed by atoms with Gasteiger partial charge in [-0.1, -0.05) is 98.7 Å². The van der Waals surface area contributed by atoms with Gasteiger partial charge in [-0.3, -0.25) is 4.48 Å². The summed E-state index contributed by atoms with van der Waals surface area (Å²) in [7, 11) is 0. The van der Waals surface area contributed by atoms with Gasteiger partial charge in [0.05, 0.1) is 28.2 Å². The Bertz CT molecular complexity index is 814. The number of aliphatic hydroxyl groups excluding tert-OH is 2. The monoisotopic (exact) mass is 575 g/mol. The highest BCUT2D eigenvalue weighted by atomic mass is 35.5. The highest BCUT2D eigenvalue weighted by Crippen LogP contribution is 2.34. The summed E-state index contributed by atoms with van der Waals surface area (Å²) in [6.07, 6.45) is 17.6. The Balaban J connectivity index is 1.67. The molecule has 1 heterocycles. The Labute approximate surface area is 239 Å². The highest BCUT2D eigenvalue weighted by Gasteiger charge is 2.39. The summed E-state index contributed by atoms with van der Waals surface area (Å²) in [5.74, 6) is 1.56. The fourth-order valence-corrected chi connectivity index (χ4v) is 5.69. The van der Waals surface area contributed by atoms with Crippen LogP contribution in [0.2, 0.25) is 15.1 Å². The number of benzene rings is 1. The molecule has 0 saturated carbocycles. The SMILES string of the molecule is C=CCCCCCCCCCCCCCC1=NCC[N+]1(CCO)C[C@H](O)COc1cc(Cl)c(Cl)c(Cl)c1. The van der Waals surface area contributed by atoms with E-state index in [-0.39, 0.29) is 18.2 Å². The Morgan fingerprint density at radius 3 is 2.08 bits per heavy atom. The molecule has 0 fully saturated rings. The van der Waals surface area contributed by atoms with E-state index in [0.717, 1.165) is 38.2 Å². The zero-order chi connectivity index (χ0) is 26.9. The molecule has 2 atom stereocenters. The number of amidine groups is 1. The smallest absolute Gasteiger partial charge is 0.198 e. The fourth-order valence-electron chi connectivity index (χ4n) is 5.11. The molecule has 0 bridgehead atoms. The van der Waals surface area contributed by atoms with E-state index in [0.29, 0.717) is 33.4 Å². The molecule has 2 N–H and O–H groups in total. The van der Waals surface area contributed by atoms with Crippen LogP contribution in [0.4, 0.5) is 0 Å². The minimum absolute atomic E-state index is 0.0588. The van der Waals surface area contributed by atoms with Crippen LogP contribution < -0.4 is 4.74 Å². The maximum absolute atomic E-state index is 10.8. The summed E-state index contributed by atoms with van der Waals surface area (Å²) in [5.41, 5.74) is 0. The van der Waals surface area contributed by atoms with Crippen molar-refractivity contribution in [1.29, 1.82) is 0 Å². The van der Waals surface area contributed by atoms with Crippen LogP contribution in [0, 0.1) is 0 Å². The van der Waals surface area contributed by atoms with E-state index in [1.807, 2.05) is 6.08 Å². The molecule has 1 aromatic rings. The molecule has 0 saturated heterocycles. The van der Waals surface area contributed by atoms with Gasteiger partial charge < -0.3 is 14.9 Å². The number of hydrogen-bond donors (Lipinski definition) is 2. The Morgan fingerprint density at radius 2 is 1.51 bits per heavy atom. The van der Waals surface area contributed by atoms with Crippen molar-refractivity contribution in [2.75, 3.05) is 39.4 Å². The molecular formula is C29H46Cl3N2O3+. The Hall–Kier alpha value is -0.820. The molecule has 2 rings (SSSR count). The van der Waals surface area contributed by atoms with Gasteiger partial charge in [0.1, 0.15) is 38.1 Å². The van der Waals surface area contributed by atoms with Gasteiger partial charge in [0.25, 0.3) is 0 Å². The average molecular weight is 577 g/mol. The van der Waals surface area contributed by atoms with Crippen LogP contribution in [0.5, 0.6) is 5.75 Å². The normalized spacial score (nSPS) is 18.1. The second kappa shape index (κ2) is 18.5. The molecule has 0 radical (unpaired) electrons. The third kappa shape index (κ3) is 11.8. The Kier molecular flexibility index (Phi) is 16.2. The molecule has 210 valence electrons. The number of aliphatic hydroxyl groups is 2. The molecule has 1 aliphatic rings.